The molecule has 0 aliphatic rings. The summed E-state index contributed by atoms with van der Waals surface area (Å²) in [5, 5.41) is 8.34. The number of nitrogens with one attached hydrogen (secondary N) is 1. The molecule has 0 saturated carbocycles. The minimum Gasteiger partial charge on any atom is -0.355 e. The second kappa shape index (κ2) is 7.24. The Morgan fingerprint density at radius 3 is 2.52 bits per heavy atom. The molecule has 0 atom stereocenters. The molecule has 0 spiro atoms. The van der Waals surface area contributed by atoms with E-state index in [-0.39, 0.29) is 29.9 Å². The van der Waals surface area contributed by atoms with Crippen LogP contribution in [0, 0.1) is 0 Å². The molecule has 1 amide bonds. The summed E-state index contributed by atoms with van der Waals surface area (Å²) in [7, 11) is -3.51. The first-order valence-electron chi connectivity index (χ1n) is 6.64. The predicted molar refractivity (Wildman–Crippen MR) is 84.7 cm³/mol. The lowest BCUT2D eigenvalue weighted by Gasteiger charge is -2.26. The first-order valence-corrected chi connectivity index (χ1v) is 8.73. The Balaban J connectivity index is 2.50. The summed E-state index contributed by atoms with van der Waals surface area (Å²) >= 11 is 6.16. The average molecular weight is 333 g/mol. The summed E-state index contributed by atoms with van der Waals surface area (Å²) in [6, 6.07) is 7.49. The van der Waals surface area contributed by atoms with Crippen molar-refractivity contribution in [3.63, 3.8) is 0 Å². The largest absolute Gasteiger partial charge is 0.355 e. The zero-order valence-corrected chi connectivity index (χ0v) is 13.8. The Hall–Kier alpha value is -1.11. The molecular formula is C14H21ClN2O3S. The number of carbonyl (C=O) groups is 1. The van der Waals surface area contributed by atoms with Gasteiger partial charge in [0.2, 0.25) is 15.9 Å². The molecular weight excluding hydrogens is 312 g/mol. The lowest BCUT2D eigenvalue weighted by Crippen LogP contribution is -2.37. The highest BCUT2D eigenvalue weighted by atomic mass is 35.5. The van der Waals surface area contributed by atoms with Crippen molar-refractivity contribution < 1.29 is 13.2 Å². The Labute approximate surface area is 130 Å². The maximum absolute atomic E-state index is 11.7. The molecule has 1 rings (SSSR count). The summed E-state index contributed by atoms with van der Waals surface area (Å²) in [4.78, 5) is 11.7. The van der Waals surface area contributed by atoms with E-state index >= 15 is 0 Å². The SMILES string of the molecule is CC(C)(CNC(=O)CCCS(N)(=O)=O)c1ccccc1Cl. The summed E-state index contributed by atoms with van der Waals surface area (Å²) in [6.45, 7) is 4.39. The average Bonchev–Trinajstić information content (AvgIpc) is 2.35. The molecule has 0 heterocycles. The molecule has 1 aromatic carbocycles. The fourth-order valence-electron chi connectivity index (χ4n) is 1.95. The molecule has 21 heavy (non-hydrogen) atoms. The van der Waals surface area contributed by atoms with E-state index in [1.54, 1.807) is 0 Å². The Morgan fingerprint density at radius 2 is 1.95 bits per heavy atom. The number of hydrogen-bond donors (Lipinski definition) is 2. The number of rotatable bonds is 7. The number of carbonyl (C=O) groups excluding carboxylic acids is 1. The van der Waals surface area contributed by atoms with Crippen LogP contribution in [0.3, 0.4) is 0 Å². The van der Waals surface area contributed by atoms with Crippen LogP contribution in [0.4, 0.5) is 0 Å². The van der Waals surface area contributed by atoms with E-state index in [2.05, 4.69) is 5.32 Å². The van der Waals surface area contributed by atoms with Gasteiger partial charge in [-0.1, -0.05) is 43.6 Å². The van der Waals surface area contributed by atoms with E-state index in [9.17, 15) is 13.2 Å². The molecule has 0 radical (unpaired) electrons. The minimum atomic E-state index is -3.51. The quantitative estimate of drug-likeness (QED) is 0.797. The molecule has 0 aliphatic carbocycles. The summed E-state index contributed by atoms with van der Waals surface area (Å²) < 4.78 is 21.6. The van der Waals surface area contributed by atoms with Crippen LogP contribution in [-0.4, -0.2) is 26.6 Å². The van der Waals surface area contributed by atoms with Gasteiger partial charge >= 0.3 is 0 Å². The van der Waals surface area contributed by atoms with E-state index < -0.39 is 10.0 Å². The molecule has 0 bridgehead atoms. The molecule has 0 saturated heterocycles. The molecule has 1 aromatic rings. The zero-order valence-electron chi connectivity index (χ0n) is 12.2. The number of halogens is 1. The molecule has 118 valence electrons. The Morgan fingerprint density at radius 1 is 1.33 bits per heavy atom. The standard InChI is InChI=1S/C14H21ClN2O3S/c1-14(2,11-6-3-4-7-12(11)15)10-17-13(18)8-5-9-21(16,19)20/h3-4,6-7H,5,8-10H2,1-2H3,(H,17,18)(H2,16,19,20). The van der Waals surface area contributed by atoms with Gasteiger partial charge in [-0.25, -0.2) is 13.6 Å². The molecule has 0 aliphatic heterocycles. The number of hydrogen-bond acceptors (Lipinski definition) is 3. The van der Waals surface area contributed by atoms with E-state index in [1.165, 1.54) is 0 Å². The third-order valence-electron chi connectivity index (χ3n) is 3.16. The number of sulfonamides is 1. The van der Waals surface area contributed by atoms with Gasteiger partial charge in [0.1, 0.15) is 0 Å². The lowest BCUT2D eigenvalue weighted by atomic mass is 9.84. The van der Waals surface area contributed by atoms with Crippen LogP contribution >= 0.6 is 11.6 Å². The summed E-state index contributed by atoms with van der Waals surface area (Å²) in [5.74, 6) is -0.382. The van der Waals surface area contributed by atoms with Gasteiger partial charge < -0.3 is 5.32 Å². The summed E-state index contributed by atoms with van der Waals surface area (Å²) in [6.07, 6.45) is 0.353. The topological polar surface area (TPSA) is 89.3 Å². The molecule has 0 aromatic heterocycles. The highest BCUT2D eigenvalue weighted by Gasteiger charge is 2.23. The van der Waals surface area contributed by atoms with Gasteiger partial charge in [-0.05, 0) is 18.1 Å². The fraction of sp³-hybridized carbons (Fsp3) is 0.500. The molecule has 7 heteroatoms. The third-order valence-corrected chi connectivity index (χ3v) is 4.35. The first kappa shape index (κ1) is 17.9. The second-order valence-corrected chi connectivity index (χ2v) is 7.75. The van der Waals surface area contributed by atoms with Crippen LogP contribution in [-0.2, 0) is 20.2 Å². The van der Waals surface area contributed by atoms with E-state index in [4.69, 9.17) is 16.7 Å². The van der Waals surface area contributed by atoms with Crippen molar-refractivity contribution in [3.05, 3.63) is 34.9 Å². The minimum absolute atomic E-state index is 0.134. The van der Waals surface area contributed by atoms with Crippen molar-refractivity contribution in [2.24, 2.45) is 5.14 Å². The van der Waals surface area contributed by atoms with Crippen LogP contribution in [0.5, 0.6) is 0 Å². The van der Waals surface area contributed by atoms with Crippen LogP contribution in [0.15, 0.2) is 24.3 Å². The number of benzene rings is 1. The van der Waals surface area contributed by atoms with Gasteiger partial charge in [-0.2, -0.15) is 0 Å². The van der Waals surface area contributed by atoms with Crippen molar-refractivity contribution in [1.82, 2.24) is 5.32 Å². The molecule has 0 fully saturated rings. The van der Waals surface area contributed by atoms with E-state index in [0.29, 0.717) is 11.6 Å². The molecule has 3 N–H and O–H groups in total. The number of primary sulfonamides is 1. The highest BCUT2D eigenvalue weighted by Crippen LogP contribution is 2.28. The van der Waals surface area contributed by atoms with Gasteiger partial charge in [0.15, 0.2) is 0 Å². The van der Waals surface area contributed by atoms with Crippen LogP contribution in [0.25, 0.3) is 0 Å². The van der Waals surface area contributed by atoms with Crippen molar-refractivity contribution in [2.75, 3.05) is 12.3 Å². The second-order valence-electron chi connectivity index (χ2n) is 5.61. The predicted octanol–water partition coefficient (Wildman–Crippen LogP) is 1.80. The van der Waals surface area contributed by atoms with Gasteiger partial charge in [0.05, 0.1) is 5.75 Å². The first-order chi connectivity index (χ1) is 9.62. The molecule has 0 unspecified atom stereocenters. The third kappa shape index (κ3) is 6.46. The van der Waals surface area contributed by atoms with Gasteiger partial charge in [0, 0.05) is 23.4 Å². The number of nitrogens with two attached hydrogens (primary N) is 1. The van der Waals surface area contributed by atoms with E-state index in [1.807, 2.05) is 38.1 Å². The Kier molecular flexibility index (Phi) is 6.19. The van der Waals surface area contributed by atoms with Crippen LogP contribution in [0.2, 0.25) is 5.02 Å². The van der Waals surface area contributed by atoms with Crippen LogP contribution < -0.4 is 10.5 Å². The van der Waals surface area contributed by atoms with Gasteiger partial charge in [-0.3, -0.25) is 4.79 Å². The summed E-state index contributed by atoms with van der Waals surface area (Å²) in [5.41, 5.74) is 0.644. The zero-order chi connectivity index (χ0) is 16.1. The maximum atomic E-state index is 11.7. The van der Waals surface area contributed by atoms with Crippen molar-refractivity contribution in [3.8, 4) is 0 Å². The smallest absolute Gasteiger partial charge is 0.220 e. The Bertz CT molecular complexity index is 600. The van der Waals surface area contributed by atoms with Crippen molar-refractivity contribution in [1.29, 1.82) is 0 Å². The highest BCUT2D eigenvalue weighted by molar-refractivity contribution is 7.89. The van der Waals surface area contributed by atoms with Crippen molar-refractivity contribution in [2.45, 2.75) is 32.1 Å². The molecule has 5 nitrogen and oxygen atoms in total. The number of amides is 1. The van der Waals surface area contributed by atoms with Crippen molar-refractivity contribution >= 4 is 27.5 Å². The van der Waals surface area contributed by atoms with Gasteiger partial charge in [-0.15, -0.1) is 0 Å². The van der Waals surface area contributed by atoms with Gasteiger partial charge in [0.25, 0.3) is 0 Å². The fourth-order valence-corrected chi connectivity index (χ4v) is 2.89. The lowest BCUT2D eigenvalue weighted by molar-refractivity contribution is -0.121. The van der Waals surface area contributed by atoms with E-state index in [0.717, 1.165) is 5.56 Å². The van der Waals surface area contributed by atoms with Crippen LogP contribution in [0.1, 0.15) is 32.3 Å². The maximum Gasteiger partial charge on any atom is 0.220 e. The normalized spacial score (nSPS) is 12.2. The monoisotopic (exact) mass is 332 g/mol.